The van der Waals surface area contributed by atoms with E-state index in [-0.39, 0.29) is 18.2 Å². The van der Waals surface area contributed by atoms with E-state index in [9.17, 15) is 0 Å². The number of nitrogens with zero attached hydrogens (tertiary/aromatic N) is 2. The standard InChI is InChI=1S/C14H22N4O2/c1-3-5-19-10-7-8(2)16-14(17-10)18-12-11(15)9-4-6-20-13(9)12/h7,9,11-13H,3-6,15H2,1-2H3,(H,16,17,18). The third-order valence-corrected chi connectivity index (χ3v) is 4.03. The van der Waals surface area contributed by atoms with Crippen molar-refractivity contribution in [3.8, 4) is 5.88 Å². The lowest BCUT2D eigenvalue weighted by Gasteiger charge is -2.45. The normalized spacial score (nSPS) is 31.6. The quantitative estimate of drug-likeness (QED) is 0.839. The molecular weight excluding hydrogens is 256 g/mol. The molecule has 3 rings (SSSR count). The van der Waals surface area contributed by atoms with Crippen molar-refractivity contribution in [1.29, 1.82) is 0 Å². The number of nitrogens with one attached hydrogen (secondary N) is 1. The molecule has 1 aliphatic heterocycles. The summed E-state index contributed by atoms with van der Waals surface area (Å²) in [6, 6.07) is 2.06. The maximum absolute atomic E-state index is 6.18. The van der Waals surface area contributed by atoms with E-state index in [1.54, 1.807) is 0 Å². The molecule has 4 atom stereocenters. The summed E-state index contributed by atoms with van der Waals surface area (Å²) in [5.74, 6) is 1.66. The first-order chi connectivity index (χ1) is 9.69. The van der Waals surface area contributed by atoms with Gasteiger partial charge in [0.05, 0.1) is 18.8 Å². The minimum absolute atomic E-state index is 0.100. The Morgan fingerprint density at radius 1 is 1.50 bits per heavy atom. The van der Waals surface area contributed by atoms with Gasteiger partial charge in [-0.15, -0.1) is 0 Å². The molecule has 2 fully saturated rings. The van der Waals surface area contributed by atoms with Crippen molar-refractivity contribution in [2.75, 3.05) is 18.5 Å². The van der Waals surface area contributed by atoms with Crippen LogP contribution in [0.4, 0.5) is 5.95 Å². The topological polar surface area (TPSA) is 82.3 Å². The fourth-order valence-corrected chi connectivity index (χ4v) is 2.96. The zero-order valence-electron chi connectivity index (χ0n) is 12.0. The number of anilines is 1. The molecule has 0 radical (unpaired) electrons. The van der Waals surface area contributed by atoms with Gasteiger partial charge in [0.2, 0.25) is 11.8 Å². The highest BCUT2D eigenvalue weighted by atomic mass is 16.5. The van der Waals surface area contributed by atoms with Crippen LogP contribution in [0.5, 0.6) is 5.88 Å². The van der Waals surface area contributed by atoms with Crippen LogP contribution < -0.4 is 15.8 Å². The fourth-order valence-electron chi connectivity index (χ4n) is 2.96. The first-order valence-electron chi connectivity index (χ1n) is 7.31. The third-order valence-electron chi connectivity index (χ3n) is 4.03. The third kappa shape index (κ3) is 2.45. The molecule has 3 N–H and O–H groups in total. The largest absolute Gasteiger partial charge is 0.478 e. The summed E-state index contributed by atoms with van der Waals surface area (Å²) in [6.45, 7) is 5.47. The number of ether oxygens (including phenoxy) is 2. The number of fused-ring (bicyclic) bond motifs is 1. The molecule has 6 nitrogen and oxygen atoms in total. The van der Waals surface area contributed by atoms with Crippen molar-refractivity contribution in [3.05, 3.63) is 11.8 Å². The van der Waals surface area contributed by atoms with Gasteiger partial charge in [0.25, 0.3) is 0 Å². The van der Waals surface area contributed by atoms with E-state index in [2.05, 4.69) is 22.2 Å². The highest BCUT2D eigenvalue weighted by Crippen LogP contribution is 2.39. The van der Waals surface area contributed by atoms with Gasteiger partial charge in [-0.25, -0.2) is 4.98 Å². The molecule has 20 heavy (non-hydrogen) atoms. The molecule has 0 bridgehead atoms. The second kappa shape index (κ2) is 5.54. The molecular formula is C14H22N4O2. The summed E-state index contributed by atoms with van der Waals surface area (Å²) in [6.07, 6.45) is 2.22. The molecule has 1 aromatic rings. The summed E-state index contributed by atoms with van der Waals surface area (Å²) < 4.78 is 11.3. The summed E-state index contributed by atoms with van der Waals surface area (Å²) in [4.78, 5) is 8.79. The van der Waals surface area contributed by atoms with Gasteiger partial charge in [-0.2, -0.15) is 4.98 Å². The molecule has 1 aliphatic carbocycles. The van der Waals surface area contributed by atoms with Crippen molar-refractivity contribution >= 4 is 5.95 Å². The van der Waals surface area contributed by atoms with Crippen molar-refractivity contribution < 1.29 is 9.47 Å². The second-order valence-electron chi connectivity index (χ2n) is 5.56. The van der Waals surface area contributed by atoms with Crippen molar-refractivity contribution in [2.24, 2.45) is 11.7 Å². The van der Waals surface area contributed by atoms with Gasteiger partial charge in [0, 0.05) is 30.3 Å². The molecule has 2 aliphatic rings. The van der Waals surface area contributed by atoms with Crippen molar-refractivity contribution in [1.82, 2.24) is 9.97 Å². The maximum Gasteiger partial charge on any atom is 0.226 e. The summed E-state index contributed by atoms with van der Waals surface area (Å²) in [5.41, 5.74) is 7.06. The van der Waals surface area contributed by atoms with Crippen LogP contribution in [-0.4, -0.2) is 41.4 Å². The van der Waals surface area contributed by atoms with E-state index >= 15 is 0 Å². The second-order valence-corrected chi connectivity index (χ2v) is 5.56. The highest BCUT2D eigenvalue weighted by Gasteiger charge is 2.52. The van der Waals surface area contributed by atoms with E-state index in [1.165, 1.54) is 0 Å². The van der Waals surface area contributed by atoms with Gasteiger partial charge < -0.3 is 20.5 Å². The van der Waals surface area contributed by atoms with E-state index < -0.39 is 0 Å². The van der Waals surface area contributed by atoms with Gasteiger partial charge in [-0.3, -0.25) is 0 Å². The predicted molar refractivity (Wildman–Crippen MR) is 75.8 cm³/mol. The zero-order valence-corrected chi connectivity index (χ0v) is 12.0. The number of aryl methyl sites for hydroxylation is 1. The van der Waals surface area contributed by atoms with E-state index in [4.69, 9.17) is 15.2 Å². The van der Waals surface area contributed by atoms with Crippen LogP contribution in [-0.2, 0) is 4.74 Å². The molecule has 1 saturated carbocycles. The number of hydrogen-bond donors (Lipinski definition) is 2. The molecule has 110 valence electrons. The summed E-state index contributed by atoms with van der Waals surface area (Å²) >= 11 is 0. The molecule has 0 aromatic carbocycles. The lowest BCUT2D eigenvalue weighted by molar-refractivity contribution is 0.00506. The Hall–Kier alpha value is -1.40. The smallest absolute Gasteiger partial charge is 0.226 e. The van der Waals surface area contributed by atoms with Crippen LogP contribution in [0.1, 0.15) is 25.5 Å². The highest BCUT2D eigenvalue weighted by molar-refractivity contribution is 5.35. The first kappa shape index (κ1) is 13.6. The lowest BCUT2D eigenvalue weighted by atomic mass is 9.72. The van der Waals surface area contributed by atoms with Crippen LogP contribution in [0.2, 0.25) is 0 Å². The molecule has 0 spiro atoms. The Balaban J connectivity index is 1.69. The van der Waals surface area contributed by atoms with Gasteiger partial charge >= 0.3 is 0 Å². The zero-order chi connectivity index (χ0) is 14.1. The fraction of sp³-hybridized carbons (Fsp3) is 0.714. The lowest BCUT2D eigenvalue weighted by Crippen LogP contribution is -2.65. The van der Waals surface area contributed by atoms with Crippen LogP contribution in [0, 0.1) is 12.8 Å². The minimum atomic E-state index is 0.100. The first-order valence-corrected chi connectivity index (χ1v) is 7.31. The SMILES string of the molecule is CCCOc1cc(C)nc(NC2C(N)C3CCOC32)n1. The van der Waals surface area contributed by atoms with Crippen LogP contribution >= 0.6 is 0 Å². The monoisotopic (exact) mass is 278 g/mol. The van der Waals surface area contributed by atoms with Gasteiger partial charge in [-0.1, -0.05) is 6.92 Å². The summed E-state index contributed by atoms with van der Waals surface area (Å²) in [5, 5.41) is 3.30. The van der Waals surface area contributed by atoms with Crippen LogP contribution in [0.15, 0.2) is 6.07 Å². The Morgan fingerprint density at radius 2 is 2.35 bits per heavy atom. The Bertz CT molecular complexity index is 482. The van der Waals surface area contributed by atoms with Crippen LogP contribution in [0.25, 0.3) is 0 Å². The number of aromatic nitrogens is 2. The van der Waals surface area contributed by atoms with Crippen molar-refractivity contribution in [3.63, 3.8) is 0 Å². The minimum Gasteiger partial charge on any atom is -0.478 e. The molecule has 6 heteroatoms. The Labute approximate surface area is 119 Å². The van der Waals surface area contributed by atoms with Gasteiger partial charge in [0.15, 0.2) is 0 Å². The Kier molecular flexibility index (Phi) is 3.76. The van der Waals surface area contributed by atoms with E-state index in [0.29, 0.717) is 24.4 Å². The number of hydrogen-bond acceptors (Lipinski definition) is 6. The molecule has 1 aromatic heterocycles. The van der Waals surface area contributed by atoms with Crippen LogP contribution in [0.3, 0.4) is 0 Å². The Morgan fingerprint density at radius 3 is 3.15 bits per heavy atom. The average molecular weight is 278 g/mol. The maximum atomic E-state index is 6.18. The van der Waals surface area contributed by atoms with E-state index in [1.807, 2.05) is 13.0 Å². The predicted octanol–water partition coefficient (Wildman–Crippen LogP) is 1.10. The summed E-state index contributed by atoms with van der Waals surface area (Å²) in [7, 11) is 0. The molecule has 2 heterocycles. The van der Waals surface area contributed by atoms with Gasteiger partial charge in [-0.05, 0) is 19.8 Å². The molecule has 4 unspecified atom stereocenters. The van der Waals surface area contributed by atoms with Crippen molar-refractivity contribution in [2.45, 2.75) is 44.9 Å². The number of rotatable bonds is 5. The number of nitrogens with two attached hydrogens (primary N) is 1. The van der Waals surface area contributed by atoms with Gasteiger partial charge in [0.1, 0.15) is 0 Å². The average Bonchev–Trinajstić information content (AvgIpc) is 2.87. The molecule has 1 saturated heterocycles. The molecule has 0 amide bonds. The van der Waals surface area contributed by atoms with E-state index in [0.717, 1.165) is 25.1 Å².